The summed E-state index contributed by atoms with van der Waals surface area (Å²) in [6.07, 6.45) is -3.38. The molecule has 0 aliphatic carbocycles. The summed E-state index contributed by atoms with van der Waals surface area (Å²) < 4.78 is 40.0. The number of hydrogen-bond donors (Lipinski definition) is 2. The summed E-state index contributed by atoms with van der Waals surface area (Å²) in [6, 6.07) is 5.99. The Kier molecular flexibility index (Phi) is 7.07. The lowest BCUT2D eigenvalue weighted by molar-refractivity contribution is -0.137. The number of alkyl halides is 3. The molecule has 1 saturated heterocycles. The number of anilines is 2. The molecule has 1 fully saturated rings. The SMILES string of the molecule is O=C(Nc1ccc(Cl)c(Cl)c1)c1cc(C(F)(F)F)cc(Cl)c1N1CCC(CO)CC1. The highest BCUT2D eigenvalue weighted by Gasteiger charge is 2.34. The number of halogens is 6. The van der Waals surface area contributed by atoms with Gasteiger partial charge in [-0.1, -0.05) is 34.8 Å². The van der Waals surface area contributed by atoms with Gasteiger partial charge < -0.3 is 15.3 Å². The molecule has 10 heteroatoms. The summed E-state index contributed by atoms with van der Waals surface area (Å²) >= 11 is 18.0. The highest BCUT2D eigenvalue weighted by molar-refractivity contribution is 6.42. The van der Waals surface area contributed by atoms with Crippen molar-refractivity contribution in [1.29, 1.82) is 0 Å². The van der Waals surface area contributed by atoms with Crippen LogP contribution in [0.5, 0.6) is 0 Å². The van der Waals surface area contributed by atoms with Crippen LogP contribution >= 0.6 is 34.8 Å². The minimum Gasteiger partial charge on any atom is -0.396 e. The van der Waals surface area contributed by atoms with E-state index in [4.69, 9.17) is 34.8 Å². The Labute approximate surface area is 186 Å². The van der Waals surface area contributed by atoms with Gasteiger partial charge in [0.05, 0.1) is 31.9 Å². The van der Waals surface area contributed by atoms with Crippen molar-refractivity contribution >= 4 is 52.1 Å². The van der Waals surface area contributed by atoms with Gasteiger partial charge in [0.1, 0.15) is 0 Å². The standard InChI is InChI=1S/C20H18Cl3F3N2O2/c21-15-2-1-13(9-16(15)22)27-19(30)14-7-12(20(24,25)26)8-17(23)18(14)28-5-3-11(10-29)4-6-28/h1-2,7-9,11,29H,3-6,10H2,(H,27,30). The van der Waals surface area contributed by atoms with Crippen LogP contribution in [0.15, 0.2) is 30.3 Å². The molecule has 4 nitrogen and oxygen atoms in total. The summed E-state index contributed by atoms with van der Waals surface area (Å²) in [6.45, 7) is 0.964. The van der Waals surface area contributed by atoms with Gasteiger partial charge in [0.25, 0.3) is 5.91 Å². The van der Waals surface area contributed by atoms with Crippen LogP contribution in [0.3, 0.4) is 0 Å². The van der Waals surface area contributed by atoms with Crippen molar-refractivity contribution < 1.29 is 23.1 Å². The van der Waals surface area contributed by atoms with Gasteiger partial charge in [-0.3, -0.25) is 4.79 Å². The monoisotopic (exact) mass is 480 g/mol. The van der Waals surface area contributed by atoms with E-state index in [2.05, 4.69) is 5.32 Å². The minimum atomic E-state index is -4.66. The lowest BCUT2D eigenvalue weighted by Crippen LogP contribution is -2.36. The van der Waals surface area contributed by atoms with Crippen molar-refractivity contribution in [2.75, 3.05) is 29.9 Å². The van der Waals surface area contributed by atoms with Crippen LogP contribution < -0.4 is 10.2 Å². The van der Waals surface area contributed by atoms with Crippen LogP contribution in [0.25, 0.3) is 0 Å². The highest BCUT2D eigenvalue weighted by atomic mass is 35.5. The number of amides is 1. The van der Waals surface area contributed by atoms with Gasteiger partial charge in [0, 0.05) is 25.4 Å². The summed E-state index contributed by atoms with van der Waals surface area (Å²) in [5, 5.41) is 12.2. The Hall–Kier alpha value is -1.67. The first kappa shape index (κ1) is 23.0. The van der Waals surface area contributed by atoms with E-state index in [0.717, 1.165) is 12.1 Å². The molecular formula is C20H18Cl3F3N2O2. The number of carbonyl (C=O) groups excluding carboxylic acids is 1. The van der Waals surface area contributed by atoms with Crippen molar-refractivity contribution in [3.63, 3.8) is 0 Å². The summed E-state index contributed by atoms with van der Waals surface area (Å²) in [7, 11) is 0. The average molecular weight is 482 g/mol. The number of aliphatic hydroxyl groups is 1. The van der Waals surface area contributed by atoms with Crippen LogP contribution in [0, 0.1) is 5.92 Å². The zero-order chi connectivity index (χ0) is 22.1. The van der Waals surface area contributed by atoms with Gasteiger partial charge in [-0.25, -0.2) is 0 Å². The summed E-state index contributed by atoms with van der Waals surface area (Å²) in [4.78, 5) is 14.7. The van der Waals surface area contributed by atoms with Crippen LogP contribution in [0.1, 0.15) is 28.8 Å². The maximum absolute atomic E-state index is 13.3. The number of carbonyl (C=O) groups is 1. The van der Waals surface area contributed by atoms with E-state index in [-0.39, 0.29) is 44.5 Å². The second-order valence-electron chi connectivity index (χ2n) is 7.05. The number of nitrogens with one attached hydrogen (secondary N) is 1. The molecule has 3 rings (SSSR count). The van der Waals surface area contributed by atoms with Gasteiger partial charge in [0.15, 0.2) is 0 Å². The molecule has 0 radical (unpaired) electrons. The number of hydrogen-bond acceptors (Lipinski definition) is 3. The molecular weight excluding hydrogens is 464 g/mol. The number of benzene rings is 2. The lowest BCUT2D eigenvalue weighted by atomic mass is 9.96. The normalized spacial score (nSPS) is 15.4. The Balaban J connectivity index is 1.99. The molecule has 0 bridgehead atoms. The number of aliphatic hydroxyl groups excluding tert-OH is 1. The molecule has 30 heavy (non-hydrogen) atoms. The third kappa shape index (κ3) is 5.14. The van der Waals surface area contributed by atoms with Crippen molar-refractivity contribution in [3.05, 3.63) is 56.5 Å². The first-order chi connectivity index (χ1) is 14.1. The van der Waals surface area contributed by atoms with Crippen molar-refractivity contribution in [2.45, 2.75) is 19.0 Å². The molecule has 0 unspecified atom stereocenters. The van der Waals surface area contributed by atoms with Crippen LogP contribution in [-0.2, 0) is 6.18 Å². The van der Waals surface area contributed by atoms with Crippen LogP contribution in [0.4, 0.5) is 24.5 Å². The summed E-state index contributed by atoms with van der Waals surface area (Å²) in [5.74, 6) is -0.636. The van der Waals surface area contributed by atoms with Gasteiger partial charge in [0.2, 0.25) is 0 Å². The average Bonchev–Trinajstić information content (AvgIpc) is 2.69. The first-order valence-corrected chi connectivity index (χ1v) is 10.3. The molecule has 2 aromatic rings. The van der Waals surface area contributed by atoms with Gasteiger partial charge in [-0.2, -0.15) is 13.2 Å². The quantitative estimate of drug-likeness (QED) is 0.553. The molecule has 0 spiro atoms. The summed E-state index contributed by atoms with van der Waals surface area (Å²) in [5.41, 5.74) is -0.685. The van der Waals surface area contributed by atoms with E-state index in [9.17, 15) is 23.1 Å². The number of nitrogens with zero attached hydrogens (tertiary/aromatic N) is 1. The molecule has 1 aliphatic rings. The maximum atomic E-state index is 13.3. The second kappa shape index (κ2) is 9.22. The minimum absolute atomic E-state index is 0.0409. The fourth-order valence-electron chi connectivity index (χ4n) is 3.37. The predicted octanol–water partition coefficient (Wildman–Crippen LogP) is 6.13. The van der Waals surface area contributed by atoms with Crippen molar-refractivity contribution in [2.24, 2.45) is 5.92 Å². The third-order valence-electron chi connectivity index (χ3n) is 5.00. The zero-order valence-corrected chi connectivity index (χ0v) is 17.8. The van der Waals surface area contributed by atoms with E-state index in [1.165, 1.54) is 18.2 Å². The molecule has 2 aromatic carbocycles. The van der Waals surface area contributed by atoms with E-state index >= 15 is 0 Å². The topological polar surface area (TPSA) is 52.6 Å². The molecule has 0 saturated carbocycles. The largest absolute Gasteiger partial charge is 0.416 e. The van der Waals surface area contributed by atoms with Gasteiger partial charge >= 0.3 is 6.18 Å². The zero-order valence-electron chi connectivity index (χ0n) is 15.6. The van der Waals surface area contributed by atoms with Crippen molar-refractivity contribution in [1.82, 2.24) is 0 Å². The molecule has 162 valence electrons. The van der Waals surface area contributed by atoms with E-state index in [0.29, 0.717) is 25.9 Å². The Morgan fingerprint density at radius 1 is 1.07 bits per heavy atom. The highest BCUT2D eigenvalue weighted by Crippen LogP contribution is 2.39. The van der Waals surface area contributed by atoms with E-state index in [1.54, 1.807) is 4.90 Å². The number of piperidine rings is 1. The maximum Gasteiger partial charge on any atom is 0.416 e. The van der Waals surface area contributed by atoms with E-state index < -0.39 is 17.6 Å². The van der Waals surface area contributed by atoms with E-state index in [1.807, 2.05) is 0 Å². The smallest absolute Gasteiger partial charge is 0.396 e. The fraction of sp³-hybridized carbons (Fsp3) is 0.350. The Morgan fingerprint density at radius 2 is 1.73 bits per heavy atom. The Morgan fingerprint density at radius 3 is 2.30 bits per heavy atom. The predicted molar refractivity (Wildman–Crippen MR) is 113 cm³/mol. The van der Waals surface area contributed by atoms with Crippen molar-refractivity contribution in [3.8, 4) is 0 Å². The molecule has 0 aromatic heterocycles. The Bertz CT molecular complexity index is 946. The van der Waals surface area contributed by atoms with Gasteiger partial charge in [-0.15, -0.1) is 0 Å². The first-order valence-electron chi connectivity index (χ1n) is 9.13. The second-order valence-corrected chi connectivity index (χ2v) is 8.27. The molecule has 1 amide bonds. The molecule has 0 atom stereocenters. The third-order valence-corrected chi connectivity index (χ3v) is 6.03. The van der Waals surface area contributed by atoms with Crippen LogP contribution in [-0.4, -0.2) is 30.7 Å². The molecule has 1 aliphatic heterocycles. The molecule has 2 N–H and O–H groups in total. The van der Waals surface area contributed by atoms with Crippen LogP contribution in [0.2, 0.25) is 15.1 Å². The van der Waals surface area contributed by atoms with Gasteiger partial charge in [-0.05, 0) is 49.1 Å². The molecule has 1 heterocycles. The number of rotatable bonds is 4. The lowest BCUT2D eigenvalue weighted by Gasteiger charge is -2.34. The fourth-order valence-corrected chi connectivity index (χ4v) is 4.01.